The van der Waals surface area contributed by atoms with Gasteiger partial charge in [0.05, 0.1) is 0 Å². The van der Waals surface area contributed by atoms with Crippen LogP contribution in [0.25, 0.3) is 0 Å². The van der Waals surface area contributed by atoms with Crippen LogP contribution in [0.1, 0.15) is 49.3 Å². The van der Waals surface area contributed by atoms with Crippen LogP contribution in [0.3, 0.4) is 0 Å². The molecule has 2 aliphatic rings. The van der Waals surface area contributed by atoms with E-state index in [1.165, 1.54) is 38.5 Å². The fourth-order valence-corrected chi connectivity index (χ4v) is 3.24. The topological polar surface area (TPSA) is 21.3 Å². The summed E-state index contributed by atoms with van der Waals surface area (Å²) in [5.41, 5.74) is 3.10. The number of nitrogens with one attached hydrogen (secondary N) is 1. The first kappa shape index (κ1) is 12.2. The predicted molar refractivity (Wildman–Crippen MR) is 73.7 cm³/mol. The monoisotopic (exact) mass is 245 g/mol. The van der Waals surface area contributed by atoms with E-state index in [2.05, 4.69) is 29.6 Å². The Hall–Kier alpha value is -0.860. The van der Waals surface area contributed by atoms with E-state index in [-0.39, 0.29) is 0 Å². The van der Waals surface area contributed by atoms with Gasteiger partial charge >= 0.3 is 0 Å². The number of aryl methyl sites for hydroxylation is 1. The summed E-state index contributed by atoms with van der Waals surface area (Å²) in [7, 11) is 0. The molecule has 1 atom stereocenters. The SMILES string of the molecule is c1ccc2c(c1)CCCCC2NC1CCOCC1. The van der Waals surface area contributed by atoms with Crippen LogP contribution in [0.2, 0.25) is 0 Å². The van der Waals surface area contributed by atoms with Crippen LogP contribution >= 0.6 is 0 Å². The van der Waals surface area contributed by atoms with Crippen LogP contribution in [0.15, 0.2) is 24.3 Å². The summed E-state index contributed by atoms with van der Waals surface area (Å²) < 4.78 is 5.44. The van der Waals surface area contributed by atoms with Gasteiger partial charge in [0.1, 0.15) is 0 Å². The number of hydrogen-bond donors (Lipinski definition) is 1. The molecule has 18 heavy (non-hydrogen) atoms. The Morgan fingerprint density at radius 2 is 1.83 bits per heavy atom. The standard InChI is InChI=1S/C16H23NO/c1-3-7-15-13(5-1)6-2-4-8-16(15)17-14-9-11-18-12-10-14/h1,3,5,7,14,16-17H,2,4,6,8-12H2. The zero-order valence-corrected chi connectivity index (χ0v) is 11.0. The third-order valence-electron chi connectivity index (χ3n) is 4.28. The van der Waals surface area contributed by atoms with Crippen LogP contribution in [0.5, 0.6) is 0 Å². The third-order valence-corrected chi connectivity index (χ3v) is 4.28. The summed E-state index contributed by atoms with van der Waals surface area (Å²) in [6.45, 7) is 1.85. The molecule has 1 aromatic carbocycles. The number of rotatable bonds is 2. The lowest BCUT2D eigenvalue weighted by atomic mass is 9.97. The summed E-state index contributed by atoms with van der Waals surface area (Å²) in [5, 5.41) is 3.87. The van der Waals surface area contributed by atoms with E-state index in [0.29, 0.717) is 12.1 Å². The van der Waals surface area contributed by atoms with Crippen molar-refractivity contribution in [2.75, 3.05) is 13.2 Å². The Bertz CT molecular complexity index is 384. The molecule has 0 saturated carbocycles. The van der Waals surface area contributed by atoms with Gasteiger partial charge in [-0.2, -0.15) is 0 Å². The average molecular weight is 245 g/mol. The van der Waals surface area contributed by atoms with Crippen LogP contribution in [-0.4, -0.2) is 19.3 Å². The molecule has 0 bridgehead atoms. The quantitative estimate of drug-likeness (QED) is 0.808. The van der Waals surface area contributed by atoms with Gasteiger partial charge in [-0.25, -0.2) is 0 Å². The maximum Gasteiger partial charge on any atom is 0.0480 e. The molecule has 98 valence electrons. The van der Waals surface area contributed by atoms with Crippen LogP contribution in [0, 0.1) is 0 Å². The van der Waals surface area contributed by atoms with Gasteiger partial charge < -0.3 is 10.1 Å². The van der Waals surface area contributed by atoms with E-state index in [4.69, 9.17) is 4.74 Å². The largest absolute Gasteiger partial charge is 0.381 e. The molecule has 0 radical (unpaired) electrons. The summed E-state index contributed by atoms with van der Waals surface area (Å²) in [6, 6.07) is 10.2. The molecule has 0 amide bonds. The first-order valence-electron chi connectivity index (χ1n) is 7.35. The molecule has 1 unspecified atom stereocenters. The molecule has 0 spiro atoms. The highest BCUT2D eigenvalue weighted by Gasteiger charge is 2.22. The zero-order chi connectivity index (χ0) is 12.2. The molecule has 0 aromatic heterocycles. The van der Waals surface area contributed by atoms with E-state index in [1.54, 1.807) is 11.1 Å². The summed E-state index contributed by atoms with van der Waals surface area (Å²) in [5.74, 6) is 0. The van der Waals surface area contributed by atoms with Crippen LogP contribution < -0.4 is 5.32 Å². The Morgan fingerprint density at radius 1 is 1.00 bits per heavy atom. The maximum absolute atomic E-state index is 5.44. The second-order valence-electron chi connectivity index (χ2n) is 5.55. The average Bonchev–Trinajstić information content (AvgIpc) is 2.63. The van der Waals surface area contributed by atoms with Crippen molar-refractivity contribution in [2.24, 2.45) is 0 Å². The Kier molecular flexibility index (Phi) is 3.96. The highest BCUT2D eigenvalue weighted by Crippen LogP contribution is 2.29. The van der Waals surface area contributed by atoms with Crippen molar-refractivity contribution >= 4 is 0 Å². The third kappa shape index (κ3) is 2.76. The van der Waals surface area contributed by atoms with Crippen molar-refractivity contribution in [1.82, 2.24) is 5.32 Å². The Morgan fingerprint density at radius 3 is 2.72 bits per heavy atom. The molecule has 1 N–H and O–H groups in total. The molecule has 2 heteroatoms. The molecule has 1 saturated heterocycles. The number of fused-ring (bicyclic) bond motifs is 1. The summed E-state index contributed by atoms with van der Waals surface area (Å²) in [6.07, 6.45) is 7.55. The molecular weight excluding hydrogens is 222 g/mol. The smallest absolute Gasteiger partial charge is 0.0480 e. The van der Waals surface area contributed by atoms with E-state index >= 15 is 0 Å². The molecule has 1 aliphatic carbocycles. The van der Waals surface area contributed by atoms with Gasteiger partial charge in [-0.05, 0) is 43.2 Å². The van der Waals surface area contributed by atoms with E-state index in [9.17, 15) is 0 Å². The highest BCUT2D eigenvalue weighted by atomic mass is 16.5. The Labute approximate surface area is 110 Å². The van der Waals surface area contributed by atoms with Crippen molar-refractivity contribution in [3.8, 4) is 0 Å². The molecular formula is C16H23NO. The number of ether oxygens (including phenoxy) is 1. The van der Waals surface area contributed by atoms with Gasteiger partial charge in [0.2, 0.25) is 0 Å². The first-order chi connectivity index (χ1) is 8.93. The lowest BCUT2D eigenvalue weighted by Gasteiger charge is -2.29. The molecule has 1 fully saturated rings. The second-order valence-corrected chi connectivity index (χ2v) is 5.55. The van der Waals surface area contributed by atoms with Crippen molar-refractivity contribution in [2.45, 2.75) is 50.6 Å². The first-order valence-corrected chi connectivity index (χ1v) is 7.35. The molecule has 1 aromatic rings. The van der Waals surface area contributed by atoms with Crippen molar-refractivity contribution in [3.05, 3.63) is 35.4 Å². The van der Waals surface area contributed by atoms with Gasteiger partial charge in [-0.15, -0.1) is 0 Å². The number of benzene rings is 1. The van der Waals surface area contributed by atoms with Gasteiger partial charge in [-0.3, -0.25) is 0 Å². The second kappa shape index (κ2) is 5.85. The van der Waals surface area contributed by atoms with Gasteiger partial charge in [0, 0.05) is 25.3 Å². The van der Waals surface area contributed by atoms with Gasteiger partial charge in [0.25, 0.3) is 0 Å². The minimum Gasteiger partial charge on any atom is -0.381 e. The highest BCUT2D eigenvalue weighted by molar-refractivity contribution is 5.31. The lowest BCUT2D eigenvalue weighted by molar-refractivity contribution is 0.0744. The minimum absolute atomic E-state index is 0.562. The molecule has 2 nitrogen and oxygen atoms in total. The molecule has 3 rings (SSSR count). The van der Waals surface area contributed by atoms with Crippen molar-refractivity contribution < 1.29 is 4.74 Å². The lowest BCUT2D eigenvalue weighted by Crippen LogP contribution is -2.37. The van der Waals surface area contributed by atoms with Crippen LogP contribution in [0.4, 0.5) is 0 Å². The fourth-order valence-electron chi connectivity index (χ4n) is 3.24. The van der Waals surface area contributed by atoms with Gasteiger partial charge in [-0.1, -0.05) is 30.7 Å². The summed E-state index contributed by atoms with van der Waals surface area (Å²) in [4.78, 5) is 0. The fraction of sp³-hybridized carbons (Fsp3) is 0.625. The minimum atomic E-state index is 0.562. The zero-order valence-electron chi connectivity index (χ0n) is 11.0. The van der Waals surface area contributed by atoms with Crippen LogP contribution in [-0.2, 0) is 11.2 Å². The van der Waals surface area contributed by atoms with E-state index < -0.39 is 0 Å². The molecule has 1 aliphatic heterocycles. The normalized spacial score (nSPS) is 25.4. The predicted octanol–water partition coefficient (Wildman–Crippen LogP) is 3.22. The van der Waals surface area contributed by atoms with Gasteiger partial charge in [0.15, 0.2) is 0 Å². The summed E-state index contributed by atoms with van der Waals surface area (Å²) >= 11 is 0. The van der Waals surface area contributed by atoms with Crippen molar-refractivity contribution in [3.63, 3.8) is 0 Å². The number of hydrogen-bond acceptors (Lipinski definition) is 2. The maximum atomic E-state index is 5.44. The van der Waals surface area contributed by atoms with E-state index in [1.807, 2.05) is 0 Å². The molecule has 1 heterocycles. The Balaban J connectivity index is 1.74. The van der Waals surface area contributed by atoms with Crippen molar-refractivity contribution in [1.29, 1.82) is 0 Å². The van der Waals surface area contributed by atoms with E-state index in [0.717, 1.165) is 13.2 Å².